The molecule has 1 spiro atoms. The van der Waals surface area contributed by atoms with E-state index in [0.29, 0.717) is 0 Å². The van der Waals surface area contributed by atoms with Gasteiger partial charge in [-0.15, -0.1) is 11.3 Å². The summed E-state index contributed by atoms with van der Waals surface area (Å²) in [5, 5.41) is 3.07. The Morgan fingerprint density at radius 3 is 2.83 bits per heavy atom. The molecular formula is C19H21NO2S. The summed E-state index contributed by atoms with van der Waals surface area (Å²) >= 11 is 1.65. The van der Waals surface area contributed by atoms with Gasteiger partial charge in [-0.25, -0.2) is 0 Å². The van der Waals surface area contributed by atoms with Crippen LogP contribution in [0.5, 0.6) is 0 Å². The molecule has 0 aliphatic carbocycles. The standard InChI is InChI=1S/C19H21NO2S/c1-14-6-11-22-19(12-14)7-9-20(10-8-19)18(21)16-13-23-17-5-3-2-4-15(16)17/h2-5,12-13H,6-11H2,1H3. The smallest absolute Gasteiger partial charge is 0.255 e. The molecule has 2 aliphatic heterocycles. The van der Waals surface area contributed by atoms with Crippen LogP contribution in [0.1, 0.15) is 36.5 Å². The van der Waals surface area contributed by atoms with Crippen molar-refractivity contribution in [1.29, 1.82) is 0 Å². The van der Waals surface area contributed by atoms with Crippen molar-refractivity contribution < 1.29 is 9.53 Å². The van der Waals surface area contributed by atoms with E-state index in [1.807, 2.05) is 28.5 Å². The van der Waals surface area contributed by atoms with Gasteiger partial charge in [0.05, 0.1) is 17.8 Å². The third-order valence-electron chi connectivity index (χ3n) is 5.00. The molecule has 120 valence electrons. The van der Waals surface area contributed by atoms with E-state index < -0.39 is 0 Å². The second-order valence-electron chi connectivity index (χ2n) is 6.59. The molecule has 4 rings (SSSR count). The second kappa shape index (κ2) is 5.77. The van der Waals surface area contributed by atoms with Crippen molar-refractivity contribution in [2.24, 2.45) is 0 Å². The number of carbonyl (C=O) groups is 1. The van der Waals surface area contributed by atoms with E-state index in [2.05, 4.69) is 19.1 Å². The lowest BCUT2D eigenvalue weighted by molar-refractivity contribution is -0.0521. The Labute approximate surface area is 140 Å². The average molecular weight is 327 g/mol. The number of benzene rings is 1. The van der Waals surface area contributed by atoms with Gasteiger partial charge in [-0.3, -0.25) is 4.79 Å². The van der Waals surface area contributed by atoms with Gasteiger partial charge in [0.1, 0.15) is 0 Å². The fraction of sp³-hybridized carbons (Fsp3) is 0.421. The summed E-state index contributed by atoms with van der Waals surface area (Å²) in [4.78, 5) is 14.9. The Hall–Kier alpha value is -1.65. The van der Waals surface area contributed by atoms with Crippen LogP contribution in [0, 0.1) is 0 Å². The zero-order valence-corrected chi connectivity index (χ0v) is 14.2. The lowest BCUT2D eigenvalue weighted by Gasteiger charge is -2.42. The molecule has 1 aromatic heterocycles. The Kier molecular flexibility index (Phi) is 3.74. The number of likely N-dealkylation sites (tertiary alicyclic amines) is 1. The Morgan fingerprint density at radius 1 is 1.26 bits per heavy atom. The third kappa shape index (κ3) is 2.70. The number of hydrogen-bond acceptors (Lipinski definition) is 3. The minimum atomic E-state index is -0.129. The van der Waals surface area contributed by atoms with E-state index in [4.69, 9.17) is 4.74 Å². The third-order valence-corrected chi connectivity index (χ3v) is 5.97. The van der Waals surface area contributed by atoms with E-state index in [1.165, 1.54) is 10.3 Å². The van der Waals surface area contributed by atoms with Gasteiger partial charge in [-0.1, -0.05) is 29.8 Å². The minimum absolute atomic E-state index is 0.129. The van der Waals surface area contributed by atoms with E-state index in [0.717, 1.165) is 49.9 Å². The quantitative estimate of drug-likeness (QED) is 0.733. The van der Waals surface area contributed by atoms with Gasteiger partial charge in [0, 0.05) is 28.6 Å². The van der Waals surface area contributed by atoms with Crippen LogP contribution < -0.4 is 0 Å². The molecule has 0 unspecified atom stereocenters. The van der Waals surface area contributed by atoms with Crippen LogP contribution in [0.4, 0.5) is 0 Å². The first-order chi connectivity index (χ1) is 11.2. The monoisotopic (exact) mass is 327 g/mol. The fourth-order valence-electron chi connectivity index (χ4n) is 3.67. The average Bonchev–Trinajstić information content (AvgIpc) is 2.99. The Balaban J connectivity index is 1.52. The van der Waals surface area contributed by atoms with Crippen LogP contribution in [-0.4, -0.2) is 36.1 Å². The van der Waals surface area contributed by atoms with Crippen LogP contribution in [0.15, 0.2) is 41.3 Å². The molecule has 1 saturated heterocycles. The molecular weight excluding hydrogens is 306 g/mol. The topological polar surface area (TPSA) is 29.5 Å². The van der Waals surface area contributed by atoms with Gasteiger partial charge in [0.25, 0.3) is 5.91 Å². The maximum absolute atomic E-state index is 12.9. The second-order valence-corrected chi connectivity index (χ2v) is 7.50. The van der Waals surface area contributed by atoms with Gasteiger partial charge in [0.2, 0.25) is 0 Å². The predicted molar refractivity (Wildman–Crippen MR) is 94.0 cm³/mol. The molecule has 1 fully saturated rings. The SMILES string of the molecule is CC1=CC2(CCN(C(=O)c3csc4ccccc34)CC2)OCC1. The first-order valence-corrected chi connectivity index (χ1v) is 9.13. The van der Waals surface area contributed by atoms with Crippen molar-refractivity contribution in [3.05, 3.63) is 46.9 Å². The number of thiophene rings is 1. The van der Waals surface area contributed by atoms with Crippen LogP contribution in [0.3, 0.4) is 0 Å². The normalized spacial score (nSPS) is 20.7. The highest BCUT2D eigenvalue weighted by atomic mass is 32.1. The van der Waals surface area contributed by atoms with Crippen LogP contribution >= 0.6 is 11.3 Å². The zero-order chi connectivity index (χ0) is 15.9. The molecule has 0 radical (unpaired) electrons. The summed E-state index contributed by atoms with van der Waals surface area (Å²) < 4.78 is 7.23. The summed E-state index contributed by atoms with van der Waals surface area (Å²) in [6.07, 6.45) is 5.12. The number of piperidine rings is 1. The number of carbonyl (C=O) groups excluding carboxylic acids is 1. The fourth-order valence-corrected chi connectivity index (χ4v) is 4.60. The molecule has 3 heterocycles. The number of hydrogen-bond donors (Lipinski definition) is 0. The zero-order valence-electron chi connectivity index (χ0n) is 13.4. The summed E-state index contributed by atoms with van der Waals surface area (Å²) in [7, 11) is 0. The van der Waals surface area contributed by atoms with Gasteiger partial charge < -0.3 is 9.64 Å². The molecule has 1 amide bonds. The number of rotatable bonds is 1. The highest BCUT2D eigenvalue weighted by Crippen LogP contribution is 2.34. The van der Waals surface area contributed by atoms with Crippen molar-refractivity contribution in [1.82, 2.24) is 4.90 Å². The number of amides is 1. The molecule has 0 saturated carbocycles. The van der Waals surface area contributed by atoms with Gasteiger partial charge >= 0.3 is 0 Å². The van der Waals surface area contributed by atoms with Crippen molar-refractivity contribution in [3.8, 4) is 0 Å². The highest BCUT2D eigenvalue weighted by Gasteiger charge is 2.37. The summed E-state index contributed by atoms with van der Waals surface area (Å²) in [6, 6.07) is 8.14. The van der Waals surface area contributed by atoms with Gasteiger partial charge in [0.15, 0.2) is 0 Å². The molecule has 3 nitrogen and oxygen atoms in total. The van der Waals surface area contributed by atoms with Gasteiger partial charge in [-0.2, -0.15) is 0 Å². The van der Waals surface area contributed by atoms with Gasteiger partial charge in [-0.05, 0) is 32.3 Å². The molecule has 23 heavy (non-hydrogen) atoms. The number of nitrogens with zero attached hydrogens (tertiary/aromatic N) is 1. The van der Waals surface area contributed by atoms with Crippen molar-refractivity contribution in [2.75, 3.05) is 19.7 Å². The molecule has 4 heteroatoms. The summed E-state index contributed by atoms with van der Waals surface area (Å²) in [6.45, 7) is 4.53. The largest absolute Gasteiger partial charge is 0.370 e. The summed E-state index contributed by atoms with van der Waals surface area (Å²) in [5.41, 5.74) is 2.13. The van der Waals surface area contributed by atoms with E-state index in [1.54, 1.807) is 11.3 Å². The molecule has 2 aromatic rings. The lowest BCUT2D eigenvalue weighted by Crippen LogP contribution is -2.48. The van der Waals surface area contributed by atoms with Crippen LogP contribution in [-0.2, 0) is 4.74 Å². The Morgan fingerprint density at radius 2 is 2.04 bits per heavy atom. The molecule has 2 aliphatic rings. The maximum atomic E-state index is 12.9. The van der Waals surface area contributed by atoms with E-state index in [9.17, 15) is 4.79 Å². The first-order valence-electron chi connectivity index (χ1n) is 8.25. The van der Waals surface area contributed by atoms with E-state index >= 15 is 0 Å². The molecule has 1 aromatic carbocycles. The number of fused-ring (bicyclic) bond motifs is 1. The predicted octanol–water partition coefficient (Wildman–Crippen LogP) is 4.24. The molecule has 0 atom stereocenters. The minimum Gasteiger partial charge on any atom is -0.370 e. The van der Waals surface area contributed by atoms with Crippen LogP contribution in [0.25, 0.3) is 10.1 Å². The highest BCUT2D eigenvalue weighted by molar-refractivity contribution is 7.17. The summed E-state index contributed by atoms with van der Waals surface area (Å²) in [5.74, 6) is 0.161. The molecule has 0 N–H and O–H groups in total. The molecule has 0 bridgehead atoms. The lowest BCUT2D eigenvalue weighted by atomic mass is 9.87. The van der Waals surface area contributed by atoms with Crippen molar-refractivity contribution in [3.63, 3.8) is 0 Å². The van der Waals surface area contributed by atoms with Crippen molar-refractivity contribution in [2.45, 2.75) is 31.8 Å². The Bertz CT molecular complexity index is 769. The van der Waals surface area contributed by atoms with Crippen LogP contribution in [0.2, 0.25) is 0 Å². The van der Waals surface area contributed by atoms with Crippen molar-refractivity contribution >= 4 is 27.3 Å². The maximum Gasteiger partial charge on any atom is 0.255 e. The van der Waals surface area contributed by atoms with E-state index in [-0.39, 0.29) is 11.5 Å². The number of ether oxygens (including phenoxy) is 1. The first kappa shape index (κ1) is 14.9.